The Morgan fingerprint density at radius 2 is 2.22 bits per heavy atom. The summed E-state index contributed by atoms with van der Waals surface area (Å²) in [6, 6.07) is 2.32. The molecule has 0 saturated heterocycles. The number of ether oxygens (including phenoxy) is 1. The van der Waals surface area contributed by atoms with Gasteiger partial charge in [0, 0.05) is 50.6 Å². The molecule has 2 unspecified atom stereocenters. The first kappa shape index (κ1) is 17.8. The van der Waals surface area contributed by atoms with E-state index < -0.39 is 0 Å². The Balaban J connectivity index is 1.85. The summed E-state index contributed by atoms with van der Waals surface area (Å²) in [7, 11) is 1.80. The van der Waals surface area contributed by atoms with Gasteiger partial charge in [-0.3, -0.25) is 9.67 Å². The van der Waals surface area contributed by atoms with Gasteiger partial charge in [-0.25, -0.2) is 0 Å². The van der Waals surface area contributed by atoms with Gasteiger partial charge >= 0.3 is 0 Å². The van der Waals surface area contributed by atoms with Gasteiger partial charge in [0.15, 0.2) is 5.96 Å². The van der Waals surface area contributed by atoms with Gasteiger partial charge in [-0.2, -0.15) is 5.10 Å². The molecule has 0 bridgehead atoms. The quantitative estimate of drug-likeness (QED) is 0.458. The first-order valence-electron chi connectivity index (χ1n) is 8.50. The molecule has 2 N–H and O–H groups in total. The molecule has 1 aliphatic carbocycles. The van der Waals surface area contributed by atoms with Crippen molar-refractivity contribution < 1.29 is 4.74 Å². The van der Waals surface area contributed by atoms with Crippen LogP contribution in [0, 0.1) is 5.41 Å². The Kier molecular flexibility index (Phi) is 5.68. The number of aryl methyl sites for hydroxylation is 1. The average Bonchev–Trinajstić information content (AvgIpc) is 3.04. The van der Waals surface area contributed by atoms with Crippen LogP contribution in [-0.2, 0) is 11.3 Å². The largest absolute Gasteiger partial charge is 0.378 e. The monoisotopic (exact) mass is 321 g/mol. The smallest absolute Gasteiger partial charge is 0.191 e. The number of guanidine groups is 1. The normalized spacial score (nSPS) is 26.7. The highest BCUT2D eigenvalue weighted by atomic mass is 16.5. The van der Waals surface area contributed by atoms with Crippen molar-refractivity contribution in [1.82, 2.24) is 20.4 Å². The molecule has 0 spiro atoms. The minimum Gasteiger partial charge on any atom is -0.378 e. The third-order valence-corrected chi connectivity index (χ3v) is 5.31. The molecule has 1 fully saturated rings. The molecule has 1 saturated carbocycles. The molecule has 1 aromatic rings. The second kappa shape index (κ2) is 7.34. The number of aromatic nitrogens is 2. The van der Waals surface area contributed by atoms with E-state index in [2.05, 4.69) is 48.4 Å². The van der Waals surface area contributed by atoms with Crippen LogP contribution in [0.2, 0.25) is 0 Å². The van der Waals surface area contributed by atoms with Crippen molar-refractivity contribution in [2.45, 2.75) is 58.7 Å². The van der Waals surface area contributed by atoms with Crippen molar-refractivity contribution in [3.8, 4) is 0 Å². The van der Waals surface area contributed by atoms with Crippen molar-refractivity contribution in [2.24, 2.45) is 10.4 Å². The van der Waals surface area contributed by atoms with Gasteiger partial charge in [0.2, 0.25) is 0 Å². The fourth-order valence-corrected chi connectivity index (χ4v) is 3.06. The summed E-state index contributed by atoms with van der Waals surface area (Å²) in [5.41, 5.74) is 0.00901. The Morgan fingerprint density at radius 3 is 2.78 bits per heavy atom. The number of hydrogen-bond donors (Lipinski definition) is 2. The van der Waals surface area contributed by atoms with Gasteiger partial charge < -0.3 is 15.4 Å². The van der Waals surface area contributed by atoms with Crippen molar-refractivity contribution in [3.63, 3.8) is 0 Å². The van der Waals surface area contributed by atoms with Crippen molar-refractivity contribution in [3.05, 3.63) is 18.5 Å². The van der Waals surface area contributed by atoms with E-state index in [-0.39, 0.29) is 11.0 Å². The van der Waals surface area contributed by atoms with Crippen LogP contribution in [-0.4, -0.2) is 47.6 Å². The number of hydrogen-bond acceptors (Lipinski definition) is 3. The minimum absolute atomic E-state index is 0.0674. The first-order chi connectivity index (χ1) is 10.9. The van der Waals surface area contributed by atoms with E-state index in [4.69, 9.17) is 4.74 Å². The summed E-state index contributed by atoms with van der Waals surface area (Å²) in [5.74, 6) is 0.893. The van der Waals surface area contributed by atoms with Crippen LogP contribution in [0.25, 0.3) is 0 Å². The lowest BCUT2D eigenvalue weighted by Gasteiger charge is -2.59. The average molecular weight is 321 g/mol. The zero-order chi connectivity index (χ0) is 16.9. The molecule has 0 aliphatic heterocycles. The van der Waals surface area contributed by atoms with Crippen LogP contribution < -0.4 is 10.6 Å². The summed E-state index contributed by atoms with van der Waals surface area (Å²) in [6.45, 7) is 11.3. The van der Waals surface area contributed by atoms with Gasteiger partial charge in [0.1, 0.15) is 0 Å². The lowest BCUT2D eigenvalue weighted by Crippen LogP contribution is -2.69. The van der Waals surface area contributed by atoms with E-state index in [0.29, 0.717) is 6.04 Å². The van der Waals surface area contributed by atoms with Gasteiger partial charge in [-0.1, -0.05) is 13.8 Å². The number of methoxy groups -OCH3 is 1. The van der Waals surface area contributed by atoms with E-state index in [1.165, 1.54) is 0 Å². The molecule has 1 aromatic heterocycles. The minimum atomic E-state index is -0.0674. The van der Waals surface area contributed by atoms with Crippen molar-refractivity contribution >= 4 is 5.96 Å². The van der Waals surface area contributed by atoms with Crippen LogP contribution in [0.1, 0.15) is 40.5 Å². The Morgan fingerprint density at radius 1 is 1.43 bits per heavy atom. The topological polar surface area (TPSA) is 63.5 Å². The first-order valence-corrected chi connectivity index (χ1v) is 8.50. The van der Waals surface area contributed by atoms with E-state index in [0.717, 1.165) is 38.4 Å². The van der Waals surface area contributed by atoms with Crippen molar-refractivity contribution in [1.29, 1.82) is 0 Å². The number of aliphatic imine (C=N–C) groups is 1. The molecular weight excluding hydrogens is 290 g/mol. The van der Waals surface area contributed by atoms with Gasteiger partial charge in [0.05, 0.1) is 5.60 Å². The van der Waals surface area contributed by atoms with E-state index >= 15 is 0 Å². The highest BCUT2D eigenvalue weighted by Gasteiger charge is 2.58. The molecule has 6 nitrogen and oxygen atoms in total. The second-order valence-corrected chi connectivity index (χ2v) is 6.94. The van der Waals surface area contributed by atoms with Gasteiger partial charge in [-0.15, -0.1) is 0 Å². The molecule has 2 rings (SSSR count). The van der Waals surface area contributed by atoms with Crippen LogP contribution in [0.15, 0.2) is 23.5 Å². The zero-order valence-electron chi connectivity index (χ0n) is 15.1. The Labute approximate surface area is 139 Å². The number of nitrogens with one attached hydrogen (secondary N) is 2. The third-order valence-electron chi connectivity index (χ3n) is 5.31. The Hall–Kier alpha value is -1.56. The standard InChI is InChI=1S/C17H31N5O/c1-6-18-15(19-9-7-11-22-12-8-10-20-22)21-14-13-17(4,23-5)16(14,2)3/h8,10,12,14H,6-7,9,11,13H2,1-5H3,(H2,18,19,21). The number of rotatable bonds is 7. The maximum absolute atomic E-state index is 5.69. The van der Waals surface area contributed by atoms with E-state index in [9.17, 15) is 0 Å². The predicted octanol–water partition coefficient (Wildman–Crippen LogP) is 2.03. The van der Waals surface area contributed by atoms with Gasteiger partial charge in [0.25, 0.3) is 0 Å². The van der Waals surface area contributed by atoms with Crippen LogP contribution in [0.3, 0.4) is 0 Å². The molecular formula is C17H31N5O. The van der Waals surface area contributed by atoms with E-state index in [1.54, 1.807) is 13.3 Å². The SMILES string of the molecule is CCNC(=NCCCn1cccn1)NC1CC(C)(OC)C1(C)C. The summed E-state index contributed by atoms with van der Waals surface area (Å²) in [6.07, 6.45) is 5.76. The summed E-state index contributed by atoms with van der Waals surface area (Å²) in [4.78, 5) is 4.69. The molecule has 0 radical (unpaired) electrons. The second-order valence-electron chi connectivity index (χ2n) is 6.94. The van der Waals surface area contributed by atoms with Crippen LogP contribution >= 0.6 is 0 Å². The maximum Gasteiger partial charge on any atom is 0.191 e. The van der Waals surface area contributed by atoms with Crippen LogP contribution in [0.5, 0.6) is 0 Å². The van der Waals surface area contributed by atoms with Crippen molar-refractivity contribution in [2.75, 3.05) is 20.2 Å². The summed E-state index contributed by atoms with van der Waals surface area (Å²) >= 11 is 0. The fourth-order valence-electron chi connectivity index (χ4n) is 3.06. The molecule has 0 amide bonds. The molecule has 1 aliphatic rings. The fraction of sp³-hybridized carbons (Fsp3) is 0.765. The molecule has 130 valence electrons. The highest BCUT2D eigenvalue weighted by molar-refractivity contribution is 5.80. The molecule has 23 heavy (non-hydrogen) atoms. The molecule has 2 atom stereocenters. The van der Waals surface area contributed by atoms with Gasteiger partial charge in [-0.05, 0) is 32.8 Å². The molecule has 0 aromatic carbocycles. The third kappa shape index (κ3) is 3.86. The summed E-state index contributed by atoms with van der Waals surface area (Å²) < 4.78 is 7.63. The predicted molar refractivity (Wildman–Crippen MR) is 93.6 cm³/mol. The highest BCUT2D eigenvalue weighted by Crippen LogP contribution is 2.51. The molecule has 6 heteroatoms. The Bertz CT molecular complexity index is 511. The maximum atomic E-state index is 5.69. The number of nitrogens with zero attached hydrogens (tertiary/aromatic N) is 3. The summed E-state index contributed by atoms with van der Waals surface area (Å²) in [5, 5.41) is 11.1. The lowest BCUT2D eigenvalue weighted by molar-refractivity contribution is -0.176. The zero-order valence-corrected chi connectivity index (χ0v) is 15.1. The van der Waals surface area contributed by atoms with E-state index in [1.807, 2.05) is 16.9 Å². The lowest BCUT2D eigenvalue weighted by atomic mass is 9.56. The molecule has 1 heterocycles. The van der Waals surface area contributed by atoms with Crippen LogP contribution in [0.4, 0.5) is 0 Å².